The Morgan fingerprint density at radius 3 is 2.44 bits per heavy atom. The first-order valence-corrected chi connectivity index (χ1v) is 5.76. The molecular weight excluding hydrogens is 206 g/mol. The maximum Gasteiger partial charge on any atom is 0.309 e. The van der Waals surface area contributed by atoms with E-state index in [9.17, 15) is 4.79 Å². The molecule has 0 aliphatic heterocycles. The minimum atomic E-state index is -0.194. The summed E-state index contributed by atoms with van der Waals surface area (Å²) in [5.74, 6) is -0.352. The van der Waals surface area contributed by atoms with Crippen LogP contribution in [0, 0.1) is 11.3 Å². The molecule has 0 spiro atoms. The van der Waals surface area contributed by atoms with Gasteiger partial charge in [0, 0.05) is 19.2 Å². The van der Waals surface area contributed by atoms with E-state index >= 15 is 0 Å². The van der Waals surface area contributed by atoms with Gasteiger partial charge in [0.05, 0.1) is 13.0 Å². The number of nitrogens with one attached hydrogen (secondary N) is 1. The zero-order valence-corrected chi connectivity index (χ0v) is 11.0. The number of carbonyl (C=O) groups is 1. The minimum absolute atomic E-state index is 0.0405. The van der Waals surface area contributed by atoms with Gasteiger partial charge in [0.25, 0.3) is 0 Å². The van der Waals surface area contributed by atoms with Crippen molar-refractivity contribution in [2.45, 2.75) is 40.2 Å². The van der Waals surface area contributed by atoms with Crippen LogP contribution in [0.3, 0.4) is 0 Å². The van der Waals surface area contributed by atoms with Gasteiger partial charge in [-0.2, -0.15) is 0 Å². The van der Waals surface area contributed by atoms with E-state index in [1.807, 2.05) is 13.8 Å². The molecule has 4 nitrogen and oxygen atoms in total. The molecule has 0 amide bonds. The maximum absolute atomic E-state index is 11.3. The predicted octanol–water partition coefficient (Wildman–Crippen LogP) is 1.18. The zero-order chi connectivity index (χ0) is 12.8. The van der Waals surface area contributed by atoms with Crippen molar-refractivity contribution in [2.75, 3.05) is 20.3 Å². The Morgan fingerprint density at radius 1 is 1.44 bits per heavy atom. The van der Waals surface area contributed by atoms with Crippen molar-refractivity contribution in [1.82, 2.24) is 5.32 Å². The van der Waals surface area contributed by atoms with E-state index in [2.05, 4.69) is 19.2 Å². The summed E-state index contributed by atoms with van der Waals surface area (Å²) in [7, 11) is 1.40. The Bertz CT molecular complexity index is 216. The standard InChI is InChI=1S/C12H25NO3/c1-9(11(15)16-5)10(2)13-8-12(3,4)6-7-14/h9-10,13-14H,6-8H2,1-5H3. The lowest BCUT2D eigenvalue weighted by molar-refractivity contribution is -0.145. The van der Waals surface area contributed by atoms with Gasteiger partial charge in [-0.15, -0.1) is 0 Å². The van der Waals surface area contributed by atoms with Crippen LogP contribution in [0.4, 0.5) is 0 Å². The molecule has 2 atom stereocenters. The molecule has 0 aromatic carbocycles. The van der Waals surface area contributed by atoms with Crippen LogP contribution in [0.15, 0.2) is 0 Å². The number of esters is 1. The molecule has 2 unspecified atom stereocenters. The van der Waals surface area contributed by atoms with Crippen molar-refractivity contribution in [3.8, 4) is 0 Å². The topological polar surface area (TPSA) is 58.6 Å². The highest BCUT2D eigenvalue weighted by Gasteiger charge is 2.23. The number of aliphatic hydroxyl groups excluding tert-OH is 1. The van der Waals surface area contributed by atoms with Gasteiger partial charge in [0.2, 0.25) is 0 Å². The fourth-order valence-corrected chi connectivity index (χ4v) is 1.40. The molecule has 4 heteroatoms. The second kappa shape index (κ2) is 6.86. The molecule has 0 aromatic heterocycles. The molecule has 0 fully saturated rings. The molecular formula is C12H25NO3. The van der Waals surface area contributed by atoms with Gasteiger partial charge in [-0.25, -0.2) is 0 Å². The Hall–Kier alpha value is -0.610. The average molecular weight is 231 g/mol. The number of ether oxygens (including phenoxy) is 1. The van der Waals surface area contributed by atoms with E-state index < -0.39 is 0 Å². The summed E-state index contributed by atoms with van der Waals surface area (Å²) >= 11 is 0. The van der Waals surface area contributed by atoms with Crippen molar-refractivity contribution >= 4 is 5.97 Å². The molecule has 0 heterocycles. The Balaban J connectivity index is 4.06. The Morgan fingerprint density at radius 2 is 2.00 bits per heavy atom. The number of hydrogen-bond acceptors (Lipinski definition) is 4. The molecule has 0 aromatic rings. The van der Waals surface area contributed by atoms with E-state index in [-0.39, 0.29) is 30.0 Å². The van der Waals surface area contributed by atoms with Gasteiger partial charge in [0.1, 0.15) is 0 Å². The molecule has 0 saturated carbocycles. The molecule has 0 aliphatic carbocycles. The summed E-state index contributed by atoms with van der Waals surface area (Å²) in [4.78, 5) is 11.3. The second-order valence-electron chi connectivity index (χ2n) is 5.12. The fourth-order valence-electron chi connectivity index (χ4n) is 1.40. The summed E-state index contributed by atoms with van der Waals surface area (Å²) in [6.45, 7) is 8.96. The SMILES string of the molecule is COC(=O)C(C)C(C)NCC(C)(C)CCO. The van der Waals surface area contributed by atoms with Gasteiger partial charge < -0.3 is 15.2 Å². The Labute approximate surface area is 98.4 Å². The molecule has 0 bridgehead atoms. The van der Waals surface area contributed by atoms with Crippen molar-refractivity contribution < 1.29 is 14.6 Å². The van der Waals surface area contributed by atoms with Crippen LogP contribution in [-0.2, 0) is 9.53 Å². The average Bonchev–Trinajstić information content (AvgIpc) is 2.23. The van der Waals surface area contributed by atoms with Gasteiger partial charge in [-0.05, 0) is 18.8 Å². The highest BCUT2D eigenvalue weighted by molar-refractivity contribution is 5.72. The van der Waals surface area contributed by atoms with Crippen LogP contribution < -0.4 is 5.32 Å². The molecule has 0 aliphatic rings. The molecule has 96 valence electrons. The lowest BCUT2D eigenvalue weighted by Gasteiger charge is -2.28. The van der Waals surface area contributed by atoms with Crippen molar-refractivity contribution in [3.05, 3.63) is 0 Å². The minimum Gasteiger partial charge on any atom is -0.469 e. The lowest BCUT2D eigenvalue weighted by atomic mass is 9.89. The molecule has 0 radical (unpaired) electrons. The number of aliphatic hydroxyl groups is 1. The lowest BCUT2D eigenvalue weighted by Crippen LogP contribution is -2.41. The predicted molar refractivity (Wildman–Crippen MR) is 64.1 cm³/mol. The van der Waals surface area contributed by atoms with Gasteiger partial charge in [-0.1, -0.05) is 20.8 Å². The monoisotopic (exact) mass is 231 g/mol. The first-order valence-electron chi connectivity index (χ1n) is 5.76. The van der Waals surface area contributed by atoms with Crippen LogP contribution in [0.2, 0.25) is 0 Å². The van der Waals surface area contributed by atoms with E-state index in [0.29, 0.717) is 0 Å². The summed E-state index contributed by atoms with van der Waals surface area (Å²) in [6.07, 6.45) is 0.749. The Kier molecular flexibility index (Phi) is 6.60. The van der Waals surface area contributed by atoms with Crippen molar-refractivity contribution in [3.63, 3.8) is 0 Å². The molecule has 0 saturated heterocycles. The molecule has 16 heavy (non-hydrogen) atoms. The fraction of sp³-hybridized carbons (Fsp3) is 0.917. The maximum atomic E-state index is 11.3. The summed E-state index contributed by atoms with van der Waals surface area (Å²) in [5, 5.41) is 12.2. The van der Waals surface area contributed by atoms with Gasteiger partial charge in [-0.3, -0.25) is 4.79 Å². The molecule has 2 N–H and O–H groups in total. The second-order valence-corrected chi connectivity index (χ2v) is 5.12. The van der Waals surface area contributed by atoms with Crippen molar-refractivity contribution in [1.29, 1.82) is 0 Å². The van der Waals surface area contributed by atoms with Gasteiger partial charge >= 0.3 is 5.97 Å². The third-order valence-corrected chi connectivity index (χ3v) is 3.01. The third-order valence-electron chi connectivity index (χ3n) is 3.01. The van der Waals surface area contributed by atoms with Crippen molar-refractivity contribution in [2.24, 2.45) is 11.3 Å². The van der Waals surface area contributed by atoms with Crippen LogP contribution in [-0.4, -0.2) is 37.4 Å². The number of methoxy groups -OCH3 is 1. The highest BCUT2D eigenvalue weighted by Crippen LogP contribution is 2.19. The molecule has 0 rings (SSSR count). The normalized spacial score (nSPS) is 15.6. The number of rotatable bonds is 7. The summed E-state index contributed by atoms with van der Waals surface area (Å²) < 4.78 is 4.69. The summed E-state index contributed by atoms with van der Waals surface area (Å²) in [5.41, 5.74) is 0.0405. The van der Waals surface area contributed by atoms with Crippen LogP contribution in [0.1, 0.15) is 34.1 Å². The van der Waals surface area contributed by atoms with Crippen LogP contribution >= 0.6 is 0 Å². The number of carbonyl (C=O) groups excluding carboxylic acids is 1. The quantitative estimate of drug-likeness (QED) is 0.646. The van der Waals surface area contributed by atoms with E-state index in [1.165, 1.54) is 7.11 Å². The van der Waals surface area contributed by atoms with E-state index in [4.69, 9.17) is 9.84 Å². The highest BCUT2D eigenvalue weighted by atomic mass is 16.5. The number of hydrogen-bond donors (Lipinski definition) is 2. The van der Waals surface area contributed by atoms with Crippen LogP contribution in [0.5, 0.6) is 0 Å². The first kappa shape index (κ1) is 15.4. The largest absolute Gasteiger partial charge is 0.469 e. The van der Waals surface area contributed by atoms with E-state index in [0.717, 1.165) is 13.0 Å². The first-order chi connectivity index (χ1) is 7.34. The van der Waals surface area contributed by atoms with Gasteiger partial charge in [0.15, 0.2) is 0 Å². The summed E-state index contributed by atoms with van der Waals surface area (Å²) in [6, 6.07) is 0.0745. The third kappa shape index (κ3) is 5.47. The van der Waals surface area contributed by atoms with E-state index in [1.54, 1.807) is 0 Å². The smallest absolute Gasteiger partial charge is 0.309 e. The zero-order valence-electron chi connectivity index (χ0n) is 11.0. The van der Waals surface area contributed by atoms with Crippen LogP contribution in [0.25, 0.3) is 0 Å².